The normalized spacial score (nSPS) is 11.3. The number of hydrogen-bond donors (Lipinski definition) is 1. The highest BCUT2D eigenvalue weighted by Gasteiger charge is 2.06. The Morgan fingerprint density at radius 3 is 2.83 bits per heavy atom. The van der Waals surface area contributed by atoms with E-state index >= 15 is 0 Å². The van der Waals surface area contributed by atoms with E-state index in [4.69, 9.17) is 4.74 Å². The van der Waals surface area contributed by atoms with Crippen molar-refractivity contribution < 1.29 is 18.3 Å². The summed E-state index contributed by atoms with van der Waals surface area (Å²) in [5.74, 6) is 0.181. The first-order valence-electron chi connectivity index (χ1n) is 5.64. The first-order valence-corrected chi connectivity index (χ1v) is 5.64. The van der Waals surface area contributed by atoms with Gasteiger partial charge in [-0.2, -0.15) is 8.78 Å². The molecule has 0 atom stereocenters. The van der Waals surface area contributed by atoms with E-state index in [2.05, 4.69) is 10.1 Å². The zero-order chi connectivity index (χ0) is 13.2. The molecule has 0 amide bonds. The third-order valence-corrected chi connectivity index (χ3v) is 2.18. The maximum absolute atomic E-state index is 12.2. The van der Waals surface area contributed by atoms with E-state index < -0.39 is 6.61 Å². The standard InChI is InChI=1S/C13H17F2NO2/c1-17-10-9-16-8-4-6-11-5-2-3-7-12(11)18-13(14)15/h2-7,13,16H,8-10H2,1H3. The van der Waals surface area contributed by atoms with Crippen LogP contribution in [0.5, 0.6) is 5.75 Å². The van der Waals surface area contributed by atoms with Crippen LogP contribution in [-0.4, -0.2) is 33.4 Å². The smallest absolute Gasteiger partial charge is 0.387 e. The maximum Gasteiger partial charge on any atom is 0.387 e. The number of ether oxygens (including phenoxy) is 2. The zero-order valence-corrected chi connectivity index (χ0v) is 10.2. The Morgan fingerprint density at radius 1 is 1.33 bits per heavy atom. The molecule has 0 heterocycles. The summed E-state index contributed by atoms with van der Waals surface area (Å²) < 4.78 is 33.6. The molecule has 0 unspecified atom stereocenters. The number of nitrogens with one attached hydrogen (secondary N) is 1. The SMILES string of the molecule is COCCNCC=Cc1ccccc1OC(F)F. The Bertz CT molecular complexity index is 370. The van der Waals surface area contributed by atoms with Gasteiger partial charge in [-0.15, -0.1) is 0 Å². The lowest BCUT2D eigenvalue weighted by atomic mass is 10.2. The van der Waals surface area contributed by atoms with E-state index in [9.17, 15) is 8.78 Å². The van der Waals surface area contributed by atoms with E-state index in [1.165, 1.54) is 6.07 Å². The van der Waals surface area contributed by atoms with Crippen molar-refractivity contribution in [3.63, 3.8) is 0 Å². The topological polar surface area (TPSA) is 30.5 Å². The van der Waals surface area contributed by atoms with E-state index in [0.29, 0.717) is 18.7 Å². The van der Waals surface area contributed by atoms with Gasteiger partial charge >= 0.3 is 6.61 Å². The molecular weight excluding hydrogens is 240 g/mol. The van der Waals surface area contributed by atoms with Crippen LogP contribution in [0.4, 0.5) is 8.78 Å². The summed E-state index contributed by atoms with van der Waals surface area (Å²) in [5.41, 5.74) is 0.631. The summed E-state index contributed by atoms with van der Waals surface area (Å²) in [7, 11) is 1.63. The minimum Gasteiger partial charge on any atom is -0.434 e. The highest BCUT2D eigenvalue weighted by molar-refractivity contribution is 5.57. The summed E-state index contributed by atoms with van der Waals surface area (Å²) in [4.78, 5) is 0. The third kappa shape index (κ3) is 5.75. The fourth-order valence-electron chi connectivity index (χ4n) is 1.37. The molecule has 1 aromatic carbocycles. The minimum absolute atomic E-state index is 0.181. The molecule has 0 aromatic heterocycles. The molecule has 0 aliphatic carbocycles. The molecule has 18 heavy (non-hydrogen) atoms. The molecule has 1 aromatic rings. The molecule has 1 N–H and O–H groups in total. The number of para-hydroxylation sites is 1. The molecule has 0 saturated heterocycles. The van der Waals surface area contributed by atoms with Gasteiger partial charge in [-0.05, 0) is 6.07 Å². The van der Waals surface area contributed by atoms with Gasteiger partial charge in [0.15, 0.2) is 0 Å². The van der Waals surface area contributed by atoms with Gasteiger partial charge in [0.05, 0.1) is 6.61 Å². The molecule has 0 fully saturated rings. The van der Waals surface area contributed by atoms with Gasteiger partial charge in [0.2, 0.25) is 0 Å². The number of hydrogen-bond acceptors (Lipinski definition) is 3. The second-order valence-electron chi connectivity index (χ2n) is 3.52. The van der Waals surface area contributed by atoms with Gasteiger partial charge in [0, 0.05) is 25.8 Å². The van der Waals surface area contributed by atoms with Gasteiger partial charge in [0.1, 0.15) is 5.75 Å². The van der Waals surface area contributed by atoms with Crippen molar-refractivity contribution in [2.45, 2.75) is 6.61 Å². The molecule has 3 nitrogen and oxygen atoms in total. The Labute approximate surface area is 105 Å². The minimum atomic E-state index is -2.81. The molecule has 0 radical (unpaired) electrons. The first kappa shape index (κ1) is 14.6. The highest BCUT2D eigenvalue weighted by Crippen LogP contribution is 2.21. The number of methoxy groups -OCH3 is 1. The van der Waals surface area contributed by atoms with Crippen molar-refractivity contribution in [3.05, 3.63) is 35.9 Å². The summed E-state index contributed by atoms with van der Waals surface area (Å²) in [6.45, 7) is -0.777. The summed E-state index contributed by atoms with van der Waals surface area (Å²) in [5, 5.41) is 3.12. The first-order chi connectivity index (χ1) is 8.74. The van der Waals surface area contributed by atoms with Crippen LogP contribution in [0.1, 0.15) is 5.56 Å². The molecule has 5 heteroatoms. The fraction of sp³-hybridized carbons (Fsp3) is 0.385. The van der Waals surface area contributed by atoms with Crippen LogP contribution in [-0.2, 0) is 4.74 Å². The van der Waals surface area contributed by atoms with Gasteiger partial charge in [-0.3, -0.25) is 0 Å². The Balaban J connectivity index is 2.47. The lowest BCUT2D eigenvalue weighted by molar-refractivity contribution is -0.0499. The van der Waals surface area contributed by atoms with Crippen LogP contribution < -0.4 is 10.1 Å². The van der Waals surface area contributed by atoms with Crippen molar-refractivity contribution >= 4 is 6.08 Å². The zero-order valence-electron chi connectivity index (χ0n) is 10.2. The predicted octanol–water partition coefficient (Wildman–Crippen LogP) is 2.54. The predicted molar refractivity (Wildman–Crippen MR) is 66.9 cm³/mol. The molecule has 100 valence electrons. The molecule has 0 bridgehead atoms. The quantitative estimate of drug-likeness (QED) is 0.726. The van der Waals surface area contributed by atoms with Crippen LogP contribution in [0.25, 0.3) is 6.08 Å². The van der Waals surface area contributed by atoms with Gasteiger partial charge in [-0.1, -0.05) is 30.4 Å². The van der Waals surface area contributed by atoms with Gasteiger partial charge < -0.3 is 14.8 Å². The molecule has 1 rings (SSSR count). The number of rotatable bonds is 8. The third-order valence-electron chi connectivity index (χ3n) is 2.18. The van der Waals surface area contributed by atoms with Crippen molar-refractivity contribution in [2.75, 3.05) is 26.8 Å². The van der Waals surface area contributed by atoms with Crippen molar-refractivity contribution in [2.24, 2.45) is 0 Å². The summed E-state index contributed by atoms with van der Waals surface area (Å²) in [6, 6.07) is 6.68. The van der Waals surface area contributed by atoms with Crippen molar-refractivity contribution in [1.82, 2.24) is 5.32 Å². The van der Waals surface area contributed by atoms with Crippen LogP contribution in [0.2, 0.25) is 0 Å². The Hall–Kier alpha value is -1.46. The average Bonchev–Trinajstić information content (AvgIpc) is 2.35. The number of benzene rings is 1. The highest BCUT2D eigenvalue weighted by atomic mass is 19.3. The molecule has 0 aliphatic rings. The monoisotopic (exact) mass is 257 g/mol. The fourth-order valence-corrected chi connectivity index (χ4v) is 1.37. The molecule has 0 saturated carbocycles. The van der Waals surface area contributed by atoms with Crippen molar-refractivity contribution in [1.29, 1.82) is 0 Å². The summed E-state index contributed by atoms with van der Waals surface area (Å²) in [6.07, 6.45) is 3.60. The van der Waals surface area contributed by atoms with E-state index in [1.54, 1.807) is 31.4 Å². The molecular formula is C13H17F2NO2. The van der Waals surface area contributed by atoms with E-state index in [0.717, 1.165) is 6.54 Å². The number of alkyl halides is 2. The Morgan fingerprint density at radius 2 is 2.11 bits per heavy atom. The Kier molecular flexibility index (Phi) is 6.98. The average molecular weight is 257 g/mol. The largest absolute Gasteiger partial charge is 0.434 e. The maximum atomic E-state index is 12.2. The lowest BCUT2D eigenvalue weighted by Crippen LogP contribution is -2.18. The van der Waals surface area contributed by atoms with Crippen LogP contribution >= 0.6 is 0 Å². The van der Waals surface area contributed by atoms with Gasteiger partial charge in [0.25, 0.3) is 0 Å². The summed E-state index contributed by atoms with van der Waals surface area (Å²) >= 11 is 0. The van der Waals surface area contributed by atoms with Crippen LogP contribution in [0, 0.1) is 0 Å². The van der Waals surface area contributed by atoms with Gasteiger partial charge in [-0.25, -0.2) is 0 Å². The second kappa shape index (κ2) is 8.60. The molecule has 0 spiro atoms. The van der Waals surface area contributed by atoms with Crippen molar-refractivity contribution in [3.8, 4) is 5.75 Å². The van der Waals surface area contributed by atoms with Crippen LogP contribution in [0.15, 0.2) is 30.3 Å². The van der Waals surface area contributed by atoms with E-state index in [-0.39, 0.29) is 5.75 Å². The van der Waals surface area contributed by atoms with Crippen LogP contribution in [0.3, 0.4) is 0 Å². The lowest BCUT2D eigenvalue weighted by Gasteiger charge is -2.07. The number of halogens is 2. The second-order valence-corrected chi connectivity index (χ2v) is 3.52. The van der Waals surface area contributed by atoms with E-state index in [1.807, 2.05) is 6.08 Å². The molecule has 0 aliphatic heterocycles.